The van der Waals surface area contributed by atoms with Crippen LogP contribution in [0.25, 0.3) is 11.0 Å². The second-order valence-electron chi connectivity index (χ2n) is 6.53. The molecule has 0 aliphatic heterocycles. The van der Waals surface area contributed by atoms with E-state index in [0.717, 1.165) is 11.3 Å². The lowest BCUT2D eigenvalue weighted by atomic mass is 10.2. The van der Waals surface area contributed by atoms with Crippen LogP contribution >= 0.6 is 0 Å². The Bertz CT molecular complexity index is 1300. The van der Waals surface area contributed by atoms with Crippen molar-refractivity contribution in [3.8, 4) is 5.75 Å². The lowest BCUT2D eigenvalue weighted by molar-refractivity contribution is 0.410. The van der Waals surface area contributed by atoms with Crippen molar-refractivity contribution in [3.63, 3.8) is 0 Å². The SMILES string of the molecule is COc1ccccc1CNc1nc2ccccc2nc1NS(=O)(=O)c1cnn(C)c1. The fourth-order valence-corrected chi connectivity index (χ4v) is 3.94. The summed E-state index contributed by atoms with van der Waals surface area (Å²) in [5.41, 5.74) is 2.12. The molecule has 0 radical (unpaired) electrons. The van der Waals surface area contributed by atoms with Crippen LogP contribution < -0.4 is 14.8 Å². The molecule has 2 aromatic carbocycles. The van der Waals surface area contributed by atoms with Crippen LogP contribution in [0.4, 0.5) is 11.6 Å². The zero-order valence-electron chi connectivity index (χ0n) is 16.4. The molecule has 4 rings (SSSR count). The third-order valence-corrected chi connectivity index (χ3v) is 5.73. The number of ether oxygens (including phenoxy) is 1. The summed E-state index contributed by atoms with van der Waals surface area (Å²) in [7, 11) is -0.633. The lowest BCUT2D eigenvalue weighted by Crippen LogP contribution is -2.16. The van der Waals surface area contributed by atoms with Crippen molar-refractivity contribution in [2.75, 3.05) is 17.1 Å². The first kappa shape index (κ1) is 19.6. The van der Waals surface area contributed by atoms with E-state index < -0.39 is 10.0 Å². The molecule has 0 atom stereocenters. The molecule has 2 aromatic heterocycles. The van der Waals surface area contributed by atoms with Crippen LogP contribution in [0.1, 0.15) is 5.56 Å². The molecule has 4 aromatic rings. The van der Waals surface area contributed by atoms with Crippen LogP contribution in [0.5, 0.6) is 5.75 Å². The van der Waals surface area contributed by atoms with Gasteiger partial charge < -0.3 is 10.1 Å². The summed E-state index contributed by atoms with van der Waals surface area (Å²) in [4.78, 5) is 9.08. The zero-order valence-corrected chi connectivity index (χ0v) is 17.2. The van der Waals surface area contributed by atoms with Gasteiger partial charge in [-0.25, -0.2) is 18.4 Å². The van der Waals surface area contributed by atoms with Gasteiger partial charge in [0.1, 0.15) is 10.6 Å². The van der Waals surface area contributed by atoms with Gasteiger partial charge in [-0.15, -0.1) is 0 Å². The van der Waals surface area contributed by atoms with Crippen molar-refractivity contribution < 1.29 is 13.2 Å². The Kier molecular flexibility index (Phi) is 5.23. The predicted molar refractivity (Wildman–Crippen MR) is 114 cm³/mol. The Hall–Kier alpha value is -3.66. The molecule has 0 saturated heterocycles. The van der Waals surface area contributed by atoms with E-state index in [1.54, 1.807) is 20.2 Å². The molecule has 0 aliphatic carbocycles. The molecule has 0 spiro atoms. The third-order valence-electron chi connectivity index (χ3n) is 4.43. The molecule has 9 nitrogen and oxygen atoms in total. The topological polar surface area (TPSA) is 111 Å². The number of methoxy groups -OCH3 is 1. The number of sulfonamides is 1. The minimum Gasteiger partial charge on any atom is -0.496 e. The van der Waals surface area contributed by atoms with Crippen molar-refractivity contribution in [1.82, 2.24) is 19.7 Å². The van der Waals surface area contributed by atoms with E-state index in [0.29, 0.717) is 23.4 Å². The number of nitrogens with zero attached hydrogens (tertiary/aromatic N) is 4. The molecule has 0 saturated carbocycles. The van der Waals surface area contributed by atoms with E-state index in [9.17, 15) is 8.42 Å². The first-order valence-corrected chi connectivity index (χ1v) is 10.6. The van der Waals surface area contributed by atoms with Crippen LogP contribution in [0, 0.1) is 0 Å². The van der Waals surface area contributed by atoms with Crippen LogP contribution in [-0.4, -0.2) is 35.3 Å². The number of rotatable bonds is 7. The normalized spacial score (nSPS) is 11.4. The molecule has 0 aliphatic rings. The van der Waals surface area contributed by atoms with Gasteiger partial charge in [-0.2, -0.15) is 5.10 Å². The third kappa shape index (κ3) is 4.03. The minimum atomic E-state index is -3.88. The van der Waals surface area contributed by atoms with Gasteiger partial charge in [-0.3, -0.25) is 9.40 Å². The number of aromatic nitrogens is 4. The number of hydrogen-bond donors (Lipinski definition) is 2. The second kappa shape index (κ2) is 7.99. The highest BCUT2D eigenvalue weighted by atomic mass is 32.2. The van der Waals surface area contributed by atoms with Crippen molar-refractivity contribution >= 4 is 32.7 Å². The molecule has 10 heteroatoms. The van der Waals surface area contributed by atoms with E-state index in [-0.39, 0.29) is 10.7 Å². The van der Waals surface area contributed by atoms with Crippen LogP contribution in [-0.2, 0) is 23.6 Å². The number of nitrogens with one attached hydrogen (secondary N) is 2. The average Bonchev–Trinajstić information content (AvgIpc) is 3.19. The molecule has 2 N–H and O–H groups in total. The van der Waals surface area contributed by atoms with Gasteiger partial charge in [0.05, 0.1) is 24.3 Å². The highest BCUT2D eigenvalue weighted by Gasteiger charge is 2.20. The number of para-hydroxylation sites is 3. The summed E-state index contributed by atoms with van der Waals surface area (Å²) in [6.07, 6.45) is 2.69. The van der Waals surface area contributed by atoms with Gasteiger partial charge in [0.15, 0.2) is 11.6 Å². The molecule has 30 heavy (non-hydrogen) atoms. The quantitative estimate of drug-likeness (QED) is 0.469. The van der Waals surface area contributed by atoms with Crippen molar-refractivity contribution in [3.05, 3.63) is 66.5 Å². The summed E-state index contributed by atoms with van der Waals surface area (Å²) in [5.74, 6) is 1.13. The monoisotopic (exact) mass is 424 g/mol. The van der Waals surface area contributed by atoms with Crippen molar-refractivity contribution in [2.45, 2.75) is 11.4 Å². The maximum atomic E-state index is 12.8. The minimum absolute atomic E-state index is 0.0376. The molecule has 2 heterocycles. The molecule has 0 fully saturated rings. The summed E-state index contributed by atoms with van der Waals surface area (Å²) in [5, 5.41) is 7.10. The highest BCUT2D eigenvalue weighted by Crippen LogP contribution is 2.26. The first-order valence-electron chi connectivity index (χ1n) is 9.10. The standard InChI is InChI=1S/C20H20N6O3S/c1-26-13-15(12-22-26)30(27,28)25-20-19(23-16-8-4-5-9-17(16)24-20)21-11-14-7-3-6-10-18(14)29-2/h3-10,12-13H,11H2,1-2H3,(H,21,23)(H,24,25). The van der Waals surface area contributed by atoms with E-state index in [1.165, 1.54) is 17.1 Å². The summed E-state index contributed by atoms with van der Waals surface area (Å²) < 4.78 is 34.9. The van der Waals surface area contributed by atoms with E-state index in [1.807, 2.05) is 42.5 Å². The average molecular weight is 424 g/mol. The smallest absolute Gasteiger partial charge is 0.266 e. The molecule has 0 amide bonds. The fourth-order valence-electron chi connectivity index (χ4n) is 2.95. The van der Waals surface area contributed by atoms with E-state index in [2.05, 4.69) is 25.1 Å². The van der Waals surface area contributed by atoms with Crippen LogP contribution in [0.15, 0.2) is 65.8 Å². The Labute approximate surface area is 173 Å². The maximum absolute atomic E-state index is 12.8. The largest absolute Gasteiger partial charge is 0.496 e. The molecule has 154 valence electrons. The number of hydrogen-bond acceptors (Lipinski definition) is 7. The summed E-state index contributed by atoms with van der Waals surface area (Å²) >= 11 is 0. The maximum Gasteiger partial charge on any atom is 0.266 e. The number of fused-ring (bicyclic) bond motifs is 1. The number of benzene rings is 2. The lowest BCUT2D eigenvalue weighted by Gasteiger charge is -2.14. The van der Waals surface area contributed by atoms with Gasteiger partial charge >= 0.3 is 0 Å². The molecular formula is C20H20N6O3S. The zero-order chi connectivity index (χ0) is 21.1. The fraction of sp³-hybridized carbons (Fsp3) is 0.150. The van der Waals surface area contributed by atoms with Crippen LogP contribution in [0.2, 0.25) is 0 Å². The molecular weight excluding hydrogens is 404 g/mol. The van der Waals surface area contributed by atoms with Gasteiger partial charge in [-0.1, -0.05) is 30.3 Å². The molecule has 0 bridgehead atoms. The van der Waals surface area contributed by atoms with Crippen molar-refractivity contribution in [1.29, 1.82) is 0 Å². The highest BCUT2D eigenvalue weighted by molar-refractivity contribution is 7.92. The van der Waals surface area contributed by atoms with Gasteiger partial charge in [0.2, 0.25) is 0 Å². The van der Waals surface area contributed by atoms with E-state index in [4.69, 9.17) is 4.74 Å². The Morgan fingerprint density at radius 1 is 1.00 bits per heavy atom. The summed E-state index contributed by atoms with van der Waals surface area (Å²) in [6, 6.07) is 14.8. The van der Waals surface area contributed by atoms with Gasteiger partial charge in [0.25, 0.3) is 10.0 Å². The van der Waals surface area contributed by atoms with E-state index >= 15 is 0 Å². The number of aryl methyl sites for hydroxylation is 1. The second-order valence-corrected chi connectivity index (χ2v) is 8.21. The first-order chi connectivity index (χ1) is 14.5. The van der Waals surface area contributed by atoms with Gasteiger partial charge in [0, 0.05) is 25.4 Å². The Morgan fingerprint density at radius 2 is 1.67 bits per heavy atom. The molecule has 0 unspecified atom stereocenters. The predicted octanol–water partition coefficient (Wildman–Crippen LogP) is 2.78. The van der Waals surface area contributed by atoms with Crippen molar-refractivity contribution in [2.24, 2.45) is 7.05 Å². The van der Waals surface area contributed by atoms with Crippen LogP contribution in [0.3, 0.4) is 0 Å². The Morgan fingerprint density at radius 3 is 2.33 bits per heavy atom. The Balaban J connectivity index is 1.70. The number of anilines is 2. The summed E-state index contributed by atoms with van der Waals surface area (Å²) in [6.45, 7) is 0.374. The van der Waals surface area contributed by atoms with Gasteiger partial charge in [-0.05, 0) is 18.2 Å².